The molecule has 0 unspecified atom stereocenters. The average molecular weight is 255 g/mol. The van der Waals surface area contributed by atoms with Crippen molar-refractivity contribution in [3.63, 3.8) is 0 Å². The summed E-state index contributed by atoms with van der Waals surface area (Å²) in [6, 6.07) is 5.77. The van der Waals surface area contributed by atoms with Crippen molar-refractivity contribution < 1.29 is 0 Å². The number of nitrogen functional groups attached to an aromatic ring is 1. The summed E-state index contributed by atoms with van der Waals surface area (Å²) in [6.45, 7) is 6.45. The summed E-state index contributed by atoms with van der Waals surface area (Å²) in [5.41, 5.74) is 10.5. The summed E-state index contributed by atoms with van der Waals surface area (Å²) in [5.74, 6) is 0. The van der Waals surface area contributed by atoms with Crippen LogP contribution >= 0.6 is 0 Å². The molecule has 5 nitrogen and oxygen atoms in total. The highest BCUT2D eigenvalue weighted by Gasteiger charge is 2.23. The Morgan fingerprint density at radius 3 is 2.68 bits per heavy atom. The Kier molecular flexibility index (Phi) is 2.38. The van der Waals surface area contributed by atoms with Crippen LogP contribution in [0, 0.1) is 0 Å². The van der Waals surface area contributed by atoms with Gasteiger partial charge in [-0.2, -0.15) is 10.2 Å². The molecule has 2 heterocycles. The number of aromatic nitrogens is 4. The molecule has 98 valence electrons. The second-order valence-electron chi connectivity index (χ2n) is 5.79. The molecule has 0 atom stereocenters. The number of H-pyrrole nitrogens is 2. The number of nitrogens with two attached hydrogens (primary N) is 1. The second-order valence-corrected chi connectivity index (χ2v) is 5.79. The lowest BCUT2D eigenvalue weighted by Crippen LogP contribution is -2.13. The molecule has 0 aliphatic carbocycles. The lowest BCUT2D eigenvalue weighted by molar-refractivity contribution is 0.568. The zero-order valence-electron chi connectivity index (χ0n) is 11.3. The summed E-state index contributed by atoms with van der Waals surface area (Å²) in [6.07, 6.45) is 1.83. The number of nitrogens with one attached hydrogen (secondary N) is 2. The Hall–Kier alpha value is -2.30. The molecule has 0 amide bonds. The first-order valence-corrected chi connectivity index (χ1v) is 6.24. The Bertz CT molecular complexity index is 730. The zero-order valence-corrected chi connectivity index (χ0v) is 11.3. The minimum absolute atomic E-state index is 0.00901. The van der Waals surface area contributed by atoms with E-state index in [1.54, 1.807) is 0 Å². The van der Waals surface area contributed by atoms with Gasteiger partial charge in [0.1, 0.15) is 5.69 Å². The molecule has 3 rings (SSSR count). The van der Waals surface area contributed by atoms with Crippen molar-refractivity contribution in [3.05, 3.63) is 30.1 Å². The molecule has 0 bridgehead atoms. The monoisotopic (exact) mass is 255 g/mol. The maximum Gasteiger partial charge on any atom is 0.103 e. The van der Waals surface area contributed by atoms with Crippen LogP contribution in [0.2, 0.25) is 0 Å². The van der Waals surface area contributed by atoms with Crippen LogP contribution in [0.1, 0.15) is 26.5 Å². The molecule has 0 aliphatic heterocycles. The van der Waals surface area contributed by atoms with Gasteiger partial charge in [-0.15, -0.1) is 0 Å². The van der Waals surface area contributed by atoms with Gasteiger partial charge in [0.25, 0.3) is 0 Å². The van der Waals surface area contributed by atoms with Crippen LogP contribution in [0.3, 0.4) is 0 Å². The van der Waals surface area contributed by atoms with Crippen LogP contribution in [0.5, 0.6) is 0 Å². The molecule has 19 heavy (non-hydrogen) atoms. The Morgan fingerprint density at radius 2 is 1.95 bits per heavy atom. The van der Waals surface area contributed by atoms with E-state index < -0.39 is 0 Å². The quantitative estimate of drug-likeness (QED) is 0.585. The normalized spacial score (nSPS) is 12.2. The van der Waals surface area contributed by atoms with Crippen molar-refractivity contribution in [3.8, 4) is 11.3 Å². The van der Waals surface area contributed by atoms with Crippen molar-refractivity contribution in [2.45, 2.75) is 26.2 Å². The van der Waals surface area contributed by atoms with Gasteiger partial charge in [-0.1, -0.05) is 20.8 Å². The summed E-state index contributed by atoms with van der Waals surface area (Å²) in [7, 11) is 0. The number of hydrogen-bond acceptors (Lipinski definition) is 3. The summed E-state index contributed by atoms with van der Waals surface area (Å²) in [5, 5.41) is 15.7. The number of rotatable bonds is 1. The van der Waals surface area contributed by atoms with Gasteiger partial charge in [-0.05, 0) is 18.2 Å². The molecule has 0 fully saturated rings. The number of aromatic amines is 2. The topological polar surface area (TPSA) is 83.4 Å². The molecule has 1 aromatic carbocycles. The average Bonchev–Trinajstić information content (AvgIpc) is 2.91. The number of fused-ring (bicyclic) bond motifs is 1. The van der Waals surface area contributed by atoms with Crippen molar-refractivity contribution in [1.82, 2.24) is 20.4 Å². The number of nitrogens with zero attached hydrogens (tertiary/aromatic N) is 2. The number of benzene rings is 1. The summed E-state index contributed by atoms with van der Waals surface area (Å²) < 4.78 is 0. The first-order chi connectivity index (χ1) is 8.97. The number of anilines is 1. The molecule has 2 aromatic heterocycles. The van der Waals surface area contributed by atoms with E-state index >= 15 is 0 Å². The van der Waals surface area contributed by atoms with Gasteiger partial charge in [-0.25, -0.2) is 0 Å². The summed E-state index contributed by atoms with van der Waals surface area (Å²) in [4.78, 5) is 0. The van der Waals surface area contributed by atoms with Crippen LogP contribution in [0.4, 0.5) is 5.69 Å². The molecular weight excluding hydrogens is 238 g/mol. The first kappa shape index (κ1) is 11.8. The van der Waals surface area contributed by atoms with Crippen molar-refractivity contribution >= 4 is 16.6 Å². The standard InChI is InChI=1S/C14H17N5/c1-14(2,3)13-10(7-16-19-13)12-9-5-4-8(15)6-11(9)17-18-12/h4-7H,15H2,1-3H3,(H,16,19)(H,17,18). The minimum Gasteiger partial charge on any atom is -0.399 e. The summed E-state index contributed by atoms with van der Waals surface area (Å²) >= 11 is 0. The van der Waals surface area contributed by atoms with Gasteiger partial charge >= 0.3 is 0 Å². The smallest absolute Gasteiger partial charge is 0.103 e. The van der Waals surface area contributed by atoms with Crippen molar-refractivity contribution in [2.24, 2.45) is 0 Å². The van der Waals surface area contributed by atoms with Gasteiger partial charge in [0.2, 0.25) is 0 Å². The van der Waals surface area contributed by atoms with Crippen molar-refractivity contribution in [2.75, 3.05) is 5.73 Å². The van der Waals surface area contributed by atoms with E-state index in [1.807, 2.05) is 24.4 Å². The molecule has 3 aromatic rings. The largest absolute Gasteiger partial charge is 0.399 e. The Balaban J connectivity index is 2.23. The van der Waals surface area contributed by atoms with E-state index in [9.17, 15) is 0 Å². The van der Waals surface area contributed by atoms with E-state index in [1.165, 1.54) is 0 Å². The van der Waals surface area contributed by atoms with E-state index in [4.69, 9.17) is 5.73 Å². The SMILES string of the molecule is CC(C)(C)c1[nH]ncc1-c1n[nH]c2cc(N)ccc12. The third kappa shape index (κ3) is 1.87. The molecule has 5 heteroatoms. The third-order valence-electron chi connectivity index (χ3n) is 3.23. The fourth-order valence-electron chi connectivity index (χ4n) is 2.28. The van der Waals surface area contributed by atoms with Crippen LogP contribution in [0.25, 0.3) is 22.2 Å². The third-order valence-corrected chi connectivity index (χ3v) is 3.23. The van der Waals surface area contributed by atoms with Gasteiger partial charge in [0, 0.05) is 27.7 Å². The maximum atomic E-state index is 5.78. The van der Waals surface area contributed by atoms with Gasteiger partial charge in [-0.3, -0.25) is 10.2 Å². The fraction of sp³-hybridized carbons (Fsp3) is 0.286. The molecule has 0 radical (unpaired) electrons. The molecule has 0 aliphatic rings. The molecule has 0 saturated heterocycles. The highest BCUT2D eigenvalue weighted by molar-refractivity contribution is 5.94. The number of hydrogen-bond donors (Lipinski definition) is 3. The lowest BCUT2D eigenvalue weighted by atomic mass is 9.88. The predicted molar refractivity (Wildman–Crippen MR) is 76.8 cm³/mol. The van der Waals surface area contributed by atoms with Crippen molar-refractivity contribution in [1.29, 1.82) is 0 Å². The minimum atomic E-state index is -0.00901. The van der Waals surface area contributed by atoms with E-state index in [-0.39, 0.29) is 5.41 Å². The van der Waals surface area contributed by atoms with E-state index in [0.29, 0.717) is 0 Å². The van der Waals surface area contributed by atoms with Crippen LogP contribution in [0.15, 0.2) is 24.4 Å². The maximum absolute atomic E-state index is 5.78. The van der Waals surface area contributed by atoms with E-state index in [0.717, 1.165) is 33.5 Å². The predicted octanol–water partition coefficient (Wildman–Crippen LogP) is 2.83. The molecular formula is C14H17N5. The molecule has 0 spiro atoms. The first-order valence-electron chi connectivity index (χ1n) is 6.24. The highest BCUT2D eigenvalue weighted by atomic mass is 15.1. The van der Waals surface area contributed by atoms with Gasteiger partial charge in [0.05, 0.1) is 11.7 Å². The van der Waals surface area contributed by atoms with Crippen LogP contribution < -0.4 is 5.73 Å². The molecule has 0 saturated carbocycles. The van der Waals surface area contributed by atoms with Crippen LogP contribution in [-0.4, -0.2) is 20.4 Å². The second kappa shape index (κ2) is 3.85. The fourth-order valence-corrected chi connectivity index (χ4v) is 2.28. The Labute approximate surface area is 111 Å². The zero-order chi connectivity index (χ0) is 13.6. The highest BCUT2D eigenvalue weighted by Crippen LogP contribution is 2.34. The molecule has 4 N–H and O–H groups in total. The van der Waals surface area contributed by atoms with Gasteiger partial charge in [0.15, 0.2) is 0 Å². The lowest BCUT2D eigenvalue weighted by Gasteiger charge is -2.17. The van der Waals surface area contributed by atoms with E-state index in [2.05, 4.69) is 41.2 Å². The van der Waals surface area contributed by atoms with Gasteiger partial charge < -0.3 is 5.73 Å². The Morgan fingerprint density at radius 1 is 1.16 bits per heavy atom. The van der Waals surface area contributed by atoms with Crippen LogP contribution in [-0.2, 0) is 5.41 Å².